The monoisotopic (exact) mass is 277 g/mol. The summed E-state index contributed by atoms with van der Waals surface area (Å²) in [6.07, 6.45) is 5.97. The van der Waals surface area contributed by atoms with Crippen LogP contribution in [0.15, 0.2) is 23.0 Å². The van der Waals surface area contributed by atoms with E-state index in [4.69, 9.17) is 4.74 Å². The zero-order valence-electron chi connectivity index (χ0n) is 12.3. The Morgan fingerprint density at radius 2 is 2.05 bits per heavy atom. The van der Waals surface area contributed by atoms with Crippen LogP contribution in [0.25, 0.3) is 0 Å². The van der Waals surface area contributed by atoms with Crippen molar-refractivity contribution >= 4 is 5.97 Å². The number of esters is 1. The minimum atomic E-state index is -0.509. The predicted octanol–water partition coefficient (Wildman–Crippen LogP) is 2.98. The van der Waals surface area contributed by atoms with Crippen LogP contribution in [0.3, 0.4) is 0 Å². The molecular weight excluding hydrogens is 254 g/mol. The number of hydrogen-bond donors (Lipinski definition) is 0. The van der Waals surface area contributed by atoms with Crippen molar-refractivity contribution in [3.63, 3.8) is 0 Å². The van der Waals surface area contributed by atoms with Crippen molar-refractivity contribution in [1.82, 2.24) is 4.57 Å². The van der Waals surface area contributed by atoms with Crippen molar-refractivity contribution in [1.29, 1.82) is 0 Å². The van der Waals surface area contributed by atoms with E-state index in [9.17, 15) is 9.59 Å². The third-order valence-electron chi connectivity index (χ3n) is 4.00. The van der Waals surface area contributed by atoms with Gasteiger partial charge in [0.25, 0.3) is 5.56 Å². The van der Waals surface area contributed by atoms with Gasteiger partial charge in [-0.25, -0.2) is 4.79 Å². The van der Waals surface area contributed by atoms with E-state index in [-0.39, 0.29) is 17.6 Å². The topological polar surface area (TPSA) is 48.3 Å². The van der Waals surface area contributed by atoms with Gasteiger partial charge in [-0.2, -0.15) is 0 Å². The molecular formula is C16H23NO3. The van der Waals surface area contributed by atoms with Crippen molar-refractivity contribution in [3.8, 4) is 0 Å². The Morgan fingerprint density at radius 3 is 2.65 bits per heavy atom. The summed E-state index contributed by atoms with van der Waals surface area (Å²) in [5, 5.41) is 0. The molecule has 1 aliphatic carbocycles. The van der Waals surface area contributed by atoms with E-state index >= 15 is 0 Å². The van der Waals surface area contributed by atoms with Gasteiger partial charge in [0, 0.05) is 11.8 Å². The first-order valence-electron chi connectivity index (χ1n) is 7.52. The molecule has 4 nitrogen and oxygen atoms in total. The van der Waals surface area contributed by atoms with Gasteiger partial charge in [0.1, 0.15) is 12.1 Å². The Kier molecular flexibility index (Phi) is 4.99. The molecule has 1 aromatic heterocycles. The number of pyridine rings is 1. The number of aryl methyl sites for hydroxylation is 1. The van der Waals surface area contributed by atoms with Crippen LogP contribution in [0.1, 0.15) is 57.2 Å². The number of aromatic nitrogens is 1. The van der Waals surface area contributed by atoms with Crippen LogP contribution in [-0.2, 0) is 9.53 Å². The second-order valence-corrected chi connectivity index (χ2v) is 5.50. The lowest BCUT2D eigenvalue weighted by Crippen LogP contribution is -2.34. The summed E-state index contributed by atoms with van der Waals surface area (Å²) in [6, 6.07) is 4.54. The van der Waals surface area contributed by atoms with Crippen molar-refractivity contribution < 1.29 is 9.53 Å². The molecule has 1 heterocycles. The molecule has 110 valence electrons. The summed E-state index contributed by atoms with van der Waals surface area (Å²) < 4.78 is 7.16. The van der Waals surface area contributed by atoms with Crippen molar-refractivity contribution in [2.75, 3.05) is 0 Å². The third kappa shape index (κ3) is 3.30. The number of rotatable bonds is 4. The molecule has 1 fully saturated rings. The van der Waals surface area contributed by atoms with Crippen LogP contribution in [-0.4, -0.2) is 16.6 Å². The van der Waals surface area contributed by atoms with Gasteiger partial charge < -0.3 is 4.74 Å². The van der Waals surface area contributed by atoms with Gasteiger partial charge in [-0.1, -0.05) is 19.4 Å². The number of hydrogen-bond acceptors (Lipinski definition) is 3. The van der Waals surface area contributed by atoms with Crippen LogP contribution in [0.4, 0.5) is 0 Å². The number of ether oxygens (including phenoxy) is 1. The number of nitrogens with zero attached hydrogens (tertiary/aromatic N) is 1. The summed E-state index contributed by atoms with van der Waals surface area (Å²) in [5.74, 6) is -0.268. The van der Waals surface area contributed by atoms with E-state index in [0.29, 0.717) is 6.42 Å². The Labute approximate surface area is 119 Å². The maximum absolute atomic E-state index is 12.4. The highest BCUT2D eigenvalue weighted by atomic mass is 16.5. The Bertz CT molecular complexity index is 515. The number of carbonyl (C=O) groups is 1. The smallest absolute Gasteiger partial charge is 0.329 e. The Morgan fingerprint density at radius 1 is 1.35 bits per heavy atom. The molecule has 2 rings (SSSR count). The first kappa shape index (κ1) is 14.8. The number of carbonyl (C=O) groups excluding carboxylic acids is 1. The van der Waals surface area contributed by atoms with E-state index in [2.05, 4.69) is 0 Å². The van der Waals surface area contributed by atoms with E-state index in [1.807, 2.05) is 19.9 Å². The minimum Gasteiger partial charge on any atom is -0.461 e. The summed E-state index contributed by atoms with van der Waals surface area (Å²) in [4.78, 5) is 24.4. The molecule has 0 aromatic carbocycles. The average molecular weight is 277 g/mol. The van der Waals surface area contributed by atoms with Crippen molar-refractivity contribution in [3.05, 3.63) is 34.2 Å². The van der Waals surface area contributed by atoms with Crippen LogP contribution >= 0.6 is 0 Å². The fraction of sp³-hybridized carbons (Fsp3) is 0.625. The molecule has 20 heavy (non-hydrogen) atoms. The molecule has 4 heteroatoms. The van der Waals surface area contributed by atoms with Gasteiger partial charge in [0.05, 0.1) is 0 Å². The molecule has 1 atom stereocenters. The van der Waals surface area contributed by atoms with E-state index in [1.54, 1.807) is 10.6 Å². The molecule has 0 N–H and O–H groups in total. The second-order valence-electron chi connectivity index (χ2n) is 5.50. The van der Waals surface area contributed by atoms with Crippen LogP contribution in [0.2, 0.25) is 0 Å². The fourth-order valence-electron chi connectivity index (χ4n) is 2.88. The van der Waals surface area contributed by atoms with Crippen molar-refractivity contribution in [2.45, 2.75) is 64.5 Å². The maximum atomic E-state index is 12.4. The standard InChI is InChI=1S/C16H23NO3/c1-3-14(17-12(2)8-7-11-15(17)18)16(19)20-13-9-5-4-6-10-13/h7-8,11,13-14H,3-6,9-10H2,1-2H3. The molecule has 0 radical (unpaired) electrons. The molecule has 1 unspecified atom stereocenters. The lowest BCUT2D eigenvalue weighted by atomic mass is 9.98. The van der Waals surface area contributed by atoms with E-state index in [1.165, 1.54) is 12.5 Å². The van der Waals surface area contributed by atoms with Gasteiger partial charge in [0.2, 0.25) is 0 Å². The zero-order chi connectivity index (χ0) is 14.5. The van der Waals surface area contributed by atoms with E-state index < -0.39 is 6.04 Å². The highest BCUT2D eigenvalue weighted by molar-refractivity contribution is 5.74. The molecule has 0 aliphatic heterocycles. The highest BCUT2D eigenvalue weighted by Crippen LogP contribution is 2.23. The summed E-state index contributed by atoms with van der Waals surface area (Å²) in [6.45, 7) is 3.75. The average Bonchev–Trinajstić information content (AvgIpc) is 2.44. The van der Waals surface area contributed by atoms with E-state index in [0.717, 1.165) is 31.4 Å². The van der Waals surface area contributed by atoms with Crippen LogP contribution in [0.5, 0.6) is 0 Å². The molecule has 0 bridgehead atoms. The van der Waals surface area contributed by atoms with Crippen LogP contribution in [0, 0.1) is 6.92 Å². The molecule has 0 saturated heterocycles. The fourth-order valence-corrected chi connectivity index (χ4v) is 2.88. The first-order chi connectivity index (χ1) is 9.63. The summed E-state index contributed by atoms with van der Waals surface area (Å²) >= 11 is 0. The lowest BCUT2D eigenvalue weighted by Gasteiger charge is -2.25. The highest BCUT2D eigenvalue weighted by Gasteiger charge is 2.26. The zero-order valence-corrected chi connectivity index (χ0v) is 12.3. The van der Waals surface area contributed by atoms with Crippen LogP contribution < -0.4 is 5.56 Å². The van der Waals surface area contributed by atoms with Gasteiger partial charge in [-0.15, -0.1) is 0 Å². The Hall–Kier alpha value is -1.58. The first-order valence-corrected chi connectivity index (χ1v) is 7.52. The lowest BCUT2D eigenvalue weighted by molar-refractivity contribution is -0.154. The molecule has 0 amide bonds. The summed E-state index contributed by atoms with van der Waals surface area (Å²) in [7, 11) is 0. The van der Waals surface area contributed by atoms with Gasteiger partial charge in [-0.05, 0) is 45.1 Å². The third-order valence-corrected chi connectivity index (χ3v) is 4.00. The summed E-state index contributed by atoms with van der Waals surface area (Å²) in [5.41, 5.74) is 0.655. The molecule has 1 saturated carbocycles. The SMILES string of the molecule is CCC(C(=O)OC1CCCCC1)n1c(C)cccc1=O. The molecule has 1 aromatic rings. The van der Waals surface area contributed by atoms with Gasteiger partial charge in [-0.3, -0.25) is 9.36 Å². The van der Waals surface area contributed by atoms with Gasteiger partial charge >= 0.3 is 5.97 Å². The quantitative estimate of drug-likeness (QED) is 0.795. The molecule has 0 spiro atoms. The van der Waals surface area contributed by atoms with Crippen molar-refractivity contribution in [2.24, 2.45) is 0 Å². The van der Waals surface area contributed by atoms with Gasteiger partial charge in [0.15, 0.2) is 0 Å². The Balaban J connectivity index is 2.15. The normalized spacial score (nSPS) is 17.7. The molecule has 1 aliphatic rings. The maximum Gasteiger partial charge on any atom is 0.329 e. The minimum absolute atomic E-state index is 0.0324. The largest absolute Gasteiger partial charge is 0.461 e. The predicted molar refractivity (Wildman–Crippen MR) is 77.7 cm³/mol. The second kappa shape index (κ2) is 6.73.